The topological polar surface area (TPSA) is 45.7 Å². The Labute approximate surface area is 140 Å². The molecule has 0 amide bonds. The summed E-state index contributed by atoms with van der Waals surface area (Å²) in [5.41, 5.74) is 1.19. The highest BCUT2D eigenvalue weighted by Crippen LogP contribution is 2.13. The Morgan fingerprint density at radius 1 is 1.35 bits per heavy atom. The van der Waals surface area contributed by atoms with E-state index >= 15 is 0 Å². The van der Waals surface area contributed by atoms with Gasteiger partial charge in [0, 0.05) is 12.6 Å². The van der Waals surface area contributed by atoms with E-state index in [0.29, 0.717) is 18.8 Å². The van der Waals surface area contributed by atoms with Gasteiger partial charge in [-0.2, -0.15) is 11.3 Å². The zero-order chi connectivity index (χ0) is 16.5. The molecule has 0 aliphatic rings. The first-order valence-electron chi connectivity index (χ1n) is 7.63. The van der Waals surface area contributed by atoms with Crippen molar-refractivity contribution >= 4 is 17.3 Å². The molecule has 2 aromatic rings. The molecule has 23 heavy (non-hydrogen) atoms. The van der Waals surface area contributed by atoms with E-state index in [1.54, 1.807) is 23.5 Å². The largest absolute Gasteiger partial charge is 0.489 e. The fourth-order valence-corrected chi connectivity index (χ4v) is 2.61. The van der Waals surface area contributed by atoms with Crippen LogP contribution in [0.25, 0.3) is 0 Å². The van der Waals surface area contributed by atoms with Crippen molar-refractivity contribution in [3.8, 4) is 5.75 Å². The number of hydrogen-bond acceptors (Lipinski definition) is 3. The van der Waals surface area contributed by atoms with Gasteiger partial charge in [0.1, 0.15) is 17.7 Å². The Morgan fingerprint density at radius 3 is 2.91 bits per heavy atom. The third-order valence-electron chi connectivity index (χ3n) is 3.03. The van der Waals surface area contributed by atoms with Gasteiger partial charge in [0.05, 0.1) is 13.1 Å². The fourth-order valence-electron chi connectivity index (χ4n) is 1.95. The van der Waals surface area contributed by atoms with Crippen molar-refractivity contribution in [3.63, 3.8) is 0 Å². The van der Waals surface area contributed by atoms with E-state index in [9.17, 15) is 4.39 Å². The third-order valence-corrected chi connectivity index (χ3v) is 3.77. The van der Waals surface area contributed by atoms with Crippen molar-refractivity contribution in [2.24, 2.45) is 4.99 Å². The Kier molecular flexibility index (Phi) is 6.87. The lowest BCUT2D eigenvalue weighted by Crippen LogP contribution is -2.41. The van der Waals surface area contributed by atoms with Gasteiger partial charge in [-0.25, -0.2) is 9.38 Å². The van der Waals surface area contributed by atoms with Gasteiger partial charge < -0.3 is 15.4 Å². The van der Waals surface area contributed by atoms with E-state index < -0.39 is 0 Å². The second-order valence-electron chi connectivity index (χ2n) is 5.09. The van der Waals surface area contributed by atoms with Crippen LogP contribution in [0.1, 0.15) is 19.4 Å². The standard InChI is InChI=1S/C17H22FN3OS/c1-3-19-17(21-11-14-7-8-23-12-14)20-10-13(2)22-16-6-4-5-15(18)9-16/h4-9,12-13H,3,10-11H2,1-2H3,(H2,19,20,21). The van der Waals surface area contributed by atoms with Gasteiger partial charge in [0.2, 0.25) is 0 Å². The van der Waals surface area contributed by atoms with Gasteiger partial charge in [-0.15, -0.1) is 0 Å². The van der Waals surface area contributed by atoms with Gasteiger partial charge in [0.25, 0.3) is 0 Å². The summed E-state index contributed by atoms with van der Waals surface area (Å²) in [5.74, 6) is 0.973. The van der Waals surface area contributed by atoms with E-state index in [2.05, 4.69) is 27.1 Å². The molecule has 1 unspecified atom stereocenters. The van der Waals surface area contributed by atoms with E-state index in [4.69, 9.17) is 4.74 Å². The summed E-state index contributed by atoms with van der Waals surface area (Å²) >= 11 is 1.66. The maximum Gasteiger partial charge on any atom is 0.191 e. The van der Waals surface area contributed by atoms with Crippen LogP contribution in [0.4, 0.5) is 4.39 Å². The summed E-state index contributed by atoms with van der Waals surface area (Å²) in [6, 6.07) is 8.22. The molecule has 0 aliphatic heterocycles. The molecule has 6 heteroatoms. The summed E-state index contributed by atoms with van der Waals surface area (Å²) in [7, 11) is 0. The summed E-state index contributed by atoms with van der Waals surface area (Å²) in [4.78, 5) is 4.53. The molecule has 1 aromatic carbocycles. The number of ether oxygens (including phenoxy) is 1. The number of halogens is 1. The zero-order valence-electron chi connectivity index (χ0n) is 13.4. The number of hydrogen-bond donors (Lipinski definition) is 2. The number of benzene rings is 1. The van der Waals surface area contributed by atoms with Gasteiger partial charge >= 0.3 is 0 Å². The van der Waals surface area contributed by atoms with Gasteiger partial charge in [-0.1, -0.05) is 6.07 Å². The second-order valence-corrected chi connectivity index (χ2v) is 5.87. The average molecular weight is 335 g/mol. The van der Waals surface area contributed by atoms with Gasteiger partial charge in [0.15, 0.2) is 5.96 Å². The lowest BCUT2D eigenvalue weighted by atomic mass is 10.3. The maximum atomic E-state index is 13.1. The van der Waals surface area contributed by atoms with Crippen LogP contribution in [0.2, 0.25) is 0 Å². The van der Waals surface area contributed by atoms with Crippen molar-refractivity contribution in [1.82, 2.24) is 10.6 Å². The quantitative estimate of drug-likeness (QED) is 0.602. The molecule has 0 aliphatic carbocycles. The van der Waals surface area contributed by atoms with Gasteiger partial charge in [-0.05, 0) is 48.4 Å². The lowest BCUT2D eigenvalue weighted by Gasteiger charge is -2.17. The fraction of sp³-hybridized carbons (Fsp3) is 0.353. The molecule has 0 saturated heterocycles. The minimum atomic E-state index is -0.298. The molecule has 2 rings (SSSR count). The van der Waals surface area contributed by atoms with E-state index in [-0.39, 0.29) is 11.9 Å². The minimum Gasteiger partial charge on any atom is -0.489 e. The first-order valence-corrected chi connectivity index (χ1v) is 8.57. The van der Waals surface area contributed by atoms with Crippen LogP contribution in [0, 0.1) is 5.82 Å². The monoisotopic (exact) mass is 335 g/mol. The molecule has 0 bridgehead atoms. The zero-order valence-corrected chi connectivity index (χ0v) is 14.2. The molecule has 4 nitrogen and oxygen atoms in total. The highest BCUT2D eigenvalue weighted by molar-refractivity contribution is 7.07. The molecule has 0 fully saturated rings. The van der Waals surface area contributed by atoms with Gasteiger partial charge in [-0.3, -0.25) is 0 Å². The van der Waals surface area contributed by atoms with Crippen LogP contribution in [-0.2, 0) is 6.54 Å². The molecule has 124 valence electrons. The van der Waals surface area contributed by atoms with Crippen molar-refractivity contribution in [2.75, 3.05) is 13.1 Å². The van der Waals surface area contributed by atoms with Crippen LogP contribution in [0.5, 0.6) is 5.75 Å². The molecule has 1 atom stereocenters. The summed E-state index contributed by atoms with van der Waals surface area (Å²) in [5, 5.41) is 10.6. The summed E-state index contributed by atoms with van der Waals surface area (Å²) in [6.45, 7) is 5.95. The first-order chi connectivity index (χ1) is 11.2. The molecule has 1 aromatic heterocycles. The third kappa shape index (κ3) is 6.28. The molecule has 2 N–H and O–H groups in total. The second kappa shape index (κ2) is 9.15. The normalized spacial score (nSPS) is 12.7. The molecular weight excluding hydrogens is 313 g/mol. The van der Waals surface area contributed by atoms with E-state index in [0.717, 1.165) is 12.5 Å². The van der Waals surface area contributed by atoms with E-state index in [1.807, 2.05) is 19.2 Å². The van der Waals surface area contributed by atoms with Crippen LogP contribution in [0.3, 0.4) is 0 Å². The SMILES string of the molecule is CCNC(=NCc1ccsc1)NCC(C)Oc1cccc(F)c1. The van der Waals surface area contributed by atoms with Crippen molar-refractivity contribution < 1.29 is 9.13 Å². The van der Waals surface area contributed by atoms with Crippen LogP contribution < -0.4 is 15.4 Å². The Balaban J connectivity index is 1.83. The number of guanidine groups is 1. The predicted molar refractivity (Wildman–Crippen MR) is 93.6 cm³/mol. The molecular formula is C17H22FN3OS. The van der Waals surface area contributed by atoms with Crippen LogP contribution >= 0.6 is 11.3 Å². The number of thiophene rings is 1. The summed E-state index contributed by atoms with van der Waals surface area (Å²) < 4.78 is 18.8. The number of rotatable bonds is 7. The first kappa shape index (κ1) is 17.3. The van der Waals surface area contributed by atoms with Crippen molar-refractivity contribution in [1.29, 1.82) is 0 Å². The molecule has 0 radical (unpaired) electrons. The number of nitrogens with zero attached hydrogens (tertiary/aromatic N) is 1. The highest BCUT2D eigenvalue weighted by atomic mass is 32.1. The van der Waals surface area contributed by atoms with Crippen LogP contribution in [-0.4, -0.2) is 25.2 Å². The predicted octanol–water partition coefficient (Wildman–Crippen LogP) is 3.41. The minimum absolute atomic E-state index is 0.109. The molecule has 0 spiro atoms. The maximum absolute atomic E-state index is 13.1. The smallest absolute Gasteiger partial charge is 0.191 e. The van der Waals surface area contributed by atoms with Crippen molar-refractivity contribution in [2.45, 2.75) is 26.5 Å². The Hall–Kier alpha value is -2.08. The van der Waals surface area contributed by atoms with E-state index in [1.165, 1.54) is 17.7 Å². The summed E-state index contributed by atoms with van der Waals surface area (Å²) in [6.07, 6.45) is -0.109. The molecule has 0 saturated carbocycles. The lowest BCUT2D eigenvalue weighted by molar-refractivity contribution is 0.223. The van der Waals surface area contributed by atoms with Crippen molar-refractivity contribution in [3.05, 3.63) is 52.5 Å². The number of nitrogens with one attached hydrogen (secondary N) is 2. The Bertz CT molecular complexity index is 616. The average Bonchev–Trinajstić information content (AvgIpc) is 3.03. The highest BCUT2D eigenvalue weighted by Gasteiger charge is 2.06. The number of aliphatic imine (C=N–C) groups is 1. The Morgan fingerprint density at radius 2 is 2.22 bits per heavy atom. The van der Waals surface area contributed by atoms with Crippen LogP contribution in [0.15, 0.2) is 46.1 Å². The molecule has 1 heterocycles.